The van der Waals surface area contributed by atoms with E-state index in [0.29, 0.717) is 0 Å². The molecule has 0 spiro atoms. The first-order chi connectivity index (χ1) is 24.9. The van der Waals surface area contributed by atoms with Gasteiger partial charge in [-0.25, -0.2) is 0 Å². The van der Waals surface area contributed by atoms with Gasteiger partial charge in [0, 0.05) is 50.6 Å². The maximum atomic E-state index is 6.65. The van der Waals surface area contributed by atoms with Crippen LogP contribution in [0.25, 0.3) is 43.8 Å². The van der Waals surface area contributed by atoms with Gasteiger partial charge in [-0.15, -0.1) is 0 Å². The topological polar surface area (TPSA) is 19.6 Å². The first kappa shape index (κ1) is 29.7. The Morgan fingerprint density at radius 2 is 1.57 bits per heavy atom. The molecule has 1 aromatic heterocycles. The number of unbranched alkanes of at least 4 members (excludes halogenated alkanes) is 1. The van der Waals surface area contributed by atoms with Crippen molar-refractivity contribution in [3.05, 3.63) is 120 Å². The second kappa shape index (κ2) is 10.3. The van der Waals surface area contributed by atoms with Crippen LogP contribution in [0.2, 0.25) is 0 Å². The van der Waals surface area contributed by atoms with Crippen LogP contribution in [0.4, 0.5) is 22.7 Å². The predicted octanol–water partition coefficient (Wildman–Crippen LogP) is 11.4. The Bertz CT molecular complexity index is 2620. The molecule has 4 aliphatic rings. The first-order valence-corrected chi connectivity index (χ1v) is 19.2. The predicted molar refractivity (Wildman–Crippen MR) is 216 cm³/mol. The highest BCUT2D eigenvalue weighted by Gasteiger charge is 2.61. The van der Waals surface area contributed by atoms with E-state index in [1.54, 1.807) is 0 Å². The SMILES string of the molecule is CCCCc1ccc(N2B3c4cccc5c4N(c4cc6ccccc6c(c43)-c3cc4c(cc32)oc2ccccc24)C2(C)CCCCC52C)c(C)c1. The Kier molecular flexibility index (Phi) is 6.02. The Balaban J connectivity index is 1.30. The summed E-state index contributed by atoms with van der Waals surface area (Å²) in [7, 11) is 0. The lowest BCUT2D eigenvalue weighted by molar-refractivity contribution is 0.195. The number of anilines is 4. The maximum absolute atomic E-state index is 6.65. The number of furan rings is 1. The molecule has 1 saturated carbocycles. The third-order valence-electron chi connectivity index (χ3n) is 13.7. The molecule has 0 bridgehead atoms. The summed E-state index contributed by atoms with van der Waals surface area (Å²) in [6, 6.07) is 39.5. The molecule has 51 heavy (non-hydrogen) atoms. The van der Waals surface area contributed by atoms with Crippen LogP contribution >= 0.6 is 0 Å². The highest BCUT2D eigenvalue weighted by Crippen LogP contribution is 2.62. The summed E-state index contributed by atoms with van der Waals surface area (Å²) in [6.07, 6.45) is 8.52. The molecule has 3 aliphatic heterocycles. The average Bonchev–Trinajstić information content (AvgIpc) is 3.61. The molecule has 0 amide bonds. The van der Waals surface area contributed by atoms with Crippen LogP contribution in [-0.2, 0) is 11.8 Å². The minimum absolute atomic E-state index is 0.00243. The highest BCUT2D eigenvalue weighted by atomic mass is 16.3. The van der Waals surface area contributed by atoms with E-state index in [1.807, 2.05) is 0 Å². The monoisotopic (exact) mass is 662 g/mol. The quantitative estimate of drug-likeness (QED) is 0.175. The Morgan fingerprint density at radius 1 is 0.745 bits per heavy atom. The summed E-state index contributed by atoms with van der Waals surface area (Å²) >= 11 is 0. The number of nitrogens with zero attached hydrogens (tertiary/aromatic N) is 2. The molecule has 2 atom stereocenters. The second-order valence-electron chi connectivity index (χ2n) is 16.3. The van der Waals surface area contributed by atoms with Crippen molar-refractivity contribution in [3.63, 3.8) is 0 Å². The summed E-state index contributed by atoms with van der Waals surface area (Å²) in [5.41, 5.74) is 17.2. The molecule has 0 N–H and O–H groups in total. The minimum atomic E-state index is -0.00243. The van der Waals surface area contributed by atoms with Crippen molar-refractivity contribution in [2.24, 2.45) is 0 Å². The molecule has 250 valence electrons. The molecule has 4 heteroatoms. The number of hydrogen-bond acceptors (Lipinski definition) is 3. The number of fused-ring (bicyclic) bond motifs is 12. The molecule has 1 fully saturated rings. The number of aryl methyl sites for hydroxylation is 2. The fourth-order valence-electron chi connectivity index (χ4n) is 11.0. The third kappa shape index (κ3) is 3.71. The molecule has 3 nitrogen and oxygen atoms in total. The second-order valence-corrected chi connectivity index (χ2v) is 16.3. The normalized spacial score (nSPS) is 21.3. The van der Waals surface area contributed by atoms with Gasteiger partial charge in [-0.3, -0.25) is 0 Å². The van der Waals surface area contributed by atoms with Crippen molar-refractivity contribution in [2.75, 3.05) is 9.71 Å². The third-order valence-corrected chi connectivity index (χ3v) is 13.7. The zero-order chi connectivity index (χ0) is 34.2. The summed E-state index contributed by atoms with van der Waals surface area (Å²) in [5, 5.41) is 5.00. The molecule has 0 radical (unpaired) electrons. The number of hydrogen-bond donors (Lipinski definition) is 0. The van der Waals surface area contributed by atoms with Crippen LogP contribution in [0.5, 0.6) is 0 Å². The molecule has 4 heterocycles. The van der Waals surface area contributed by atoms with E-state index in [9.17, 15) is 0 Å². The largest absolute Gasteiger partial charge is 0.456 e. The average molecular weight is 663 g/mol. The molecule has 0 saturated heterocycles. The van der Waals surface area contributed by atoms with Gasteiger partial charge < -0.3 is 14.1 Å². The van der Waals surface area contributed by atoms with Crippen LogP contribution in [0.3, 0.4) is 0 Å². The standard InChI is InChI=1S/C47H43BN2O/c1-5-6-14-30-21-22-38(29(2)25-30)50-39-28-42-34(33-17-9-10-20-41(33)51-42)27-35(39)43-32-16-8-7-15-31(32)26-40-44(43)48(50)37-19-13-18-36-45(37)49(40)47(4)24-12-11-23-46(36,47)3/h7-10,13,15-22,25-28H,5-6,11-12,14,23-24H2,1-4H3. The van der Waals surface area contributed by atoms with Gasteiger partial charge in [0.05, 0.1) is 5.54 Å². The molecular weight excluding hydrogens is 619 g/mol. The van der Waals surface area contributed by atoms with Gasteiger partial charge in [0.1, 0.15) is 11.2 Å². The molecule has 2 unspecified atom stereocenters. The summed E-state index contributed by atoms with van der Waals surface area (Å²) < 4.78 is 6.65. The van der Waals surface area contributed by atoms with E-state index < -0.39 is 0 Å². The summed E-state index contributed by atoms with van der Waals surface area (Å²) in [5.74, 6) is 0. The van der Waals surface area contributed by atoms with Crippen LogP contribution in [-0.4, -0.2) is 12.4 Å². The van der Waals surface area contributed by atoms with E-state index in [4.69, 9.17) is 4.42 Å². The lowest BCUT2D eigenvalue weighted by Crippen LogP contribution is -2.64. The zero-order valence-electron chi connectivity index (χ0n) is 30.1. The lowest BCUT2D eigenvalue weighted by Gasteiger charge is -2.53. The minimum Gasteiger partial charge on any atom is -0.456 e. The number of para-hydroxylation sites is 2. The Hall–Kier alpha value is -4.96. The molecule has 11 rings (SSSR count). The van der Waals surface area contributed by atoms with Crippen LogP contribution in [0.15, 0.2) is 108 Å². The van der Waals surface area contributed by atoms with Crippen molar-refractivity contribution in [1.29, 1.82) is 0 Å². The fourth-order valence-corrected chi connectivity index (χ4v) is 11.0. The van der Waals surface area contributed by atoms with Crippen molar-refractivity contribution in [1.82, 2.24) is 0 Å². The zero-order valence-corrected chi connectivity index (χ0v) is 30.1. The number of rotatable bonds is 4. The highest BCUT2D eigenvalue weighted by molar-refractivity contribution is 6.94. The van der Waals surface area contributed by atoms with E-state index in [0.717, 1.165) is 17.6 Å². The molecule has 7 aromatic rings. The van der Waals surface area contributed by atoms with Crippen molar-refractivity contribution < 1.29 is 4.42 Å². The van der Waals surface area contributed by atoms with E-state index in [1.165, 1.54) is 122 Å². The van der Waals surface area contributed by atoms with Gasteiger partial charge in [0.2, 0.25) is 0 Å². The summed E-state index contributed by atoms with van der Waals surface area (Å²) in [4.78, 5) is 5.54. The van der Waals surface area contributed by atoms with Gasteiger partial charge in [-0.2, -0.15) is 0 Å². The number of benzene rings is 6. The van der Waals surface area contributed by atoms with E-state index >= 15 is 0 Å². The van der Waals surface area contributed by atoms with Crippen molar-refractivity contribution >= 4 is 73.2 Å². The molecule has 1 aliphatic carbocycles. The van der Waals surface area contributed by atoms with Crippen molar-refractivity contribution in [3.8, 4) is 11.1 Å². The van der Waals surface area contributed by atoms with E-state index in [-0.39, 0.29) is 17.8 Å². The van der Waals surface area contributed by atoms with Crippen LogP contribution < -0.4 is 20.6 Å². The molecule has 6 aromatic carbocycles. The lowest BCUT2D eigenvalue weighted by atomic mass is 9.43. The van der Waals surface area contributed by atoms with Gasteiger partial charge in [-0.05, 0) is 108 Å². The Labute approximate surface area is 301 Å². The fraction of sp³-hybridized carbons (Fsp3) is 0.277. The smallest absolute Gasteiger partial charge is 0.333 e. The van der Waals surface area contributed by atoms with Gasteiger partial charge in [0.15, 0.2) is 0 Å². The first-order valence-electron chi connectivity index (χ1n) is 19.2. The van der Waals surface area contributed by atoms with Crippen molar-refractivity contribution in [2.45, 2.75) is 83.6 Å². The summed E-state index contributed by atoms with van der Waals surface area (Å²) in [6.45, 7) is 9.77. The van der Waals surface area contributed by atoms with Gasteiger partial charge in [0.25, 0.3) is 0 Å². The van der Waals surface area contributed by atoms with Gasteiger partial charge in [-0.1, -0.05) is 106 Å². The molecular formula is C47H43BN2O. The van der Waals surface area contributed by atoms with Crippen LogP contribution in [0, 0.1) is 6.92 Å². The maximum Gasteiger partial charge on any atom is 0.333 e. The Morgan fingerprint density at radius 3 is 2.43 bits per heavy atom. The van der Waals surface area contributed by atoms with E-state index in [2.05, 4.69) is 141 Å². The van der Waals surface area contributed by atoms with Crippen LogP contribution in [0.1, 0.15) is 76.0 Å². The van der Waals surface area contributed by atoms with Gasteiger partial charge >= 0.3 is 6.85 Å².